The number of hydrogen-bond acceptors (Lipinski definition) is 8. The lowest BCUT2D eigenvalue weighted by Gasteiger charge is -2.15. The Morgan fingerprint density at radius 2 is 1.77 bits per heavy atom. The number of thioether (sulfide) groups is 1. The number of hydrogen-bond donors (Lipinski definition) is 1. The van der Waals surface area contributed by atoms with Crippen molar-refractivity contribution in [2.75, 3.05) is 18.6 Å². The van der Waals surface area contributed by atoms with Gasteiger partial charge in [-0.3, -0.25) is 9.36 Å². The van der Waals surface area contributed by atoms with Gasteiger partial charge in [0, 0.05) is 35.5 Å². The maximum atomic E-state index is 13.4. The zero-order valence-corrected chi connectivity index (χ0v) is 26.4. The van der Waals surface area contributed by atoms with Crippen molar-refractivity contribution in [2.45, 2.75) is 36.7 Å². The molecule has 0 atom stereocenters. The lowest BCUT2D eigenvalue weighted by atomic mass is 10.1. The van der Waals surface area contributed by atoms with Crippen molar-refractivity contribution in [3.63, 3.8) is 0 Å². The Morgan fingerprint density at radius 1 is 1.02 bits per heavy atom. The van der Waals surface area contributed by atoms with Gasteiger partial charge in [0.15, 0.2) is 18.9 Å². The molecule has 0 fully saturated rings. The average molecular weight is 634 g/mol. The van der Waals surface area contributed by atoms with Crippen LogP contribution in [0.2, 0.25) is 0 Å². The molecule has 43 heavy (non-hydrogen) atoms. The minimum atomic E-state index is -4.27. The van der Waals surface area contributed by atoms with Gasteiger partial charge in [0.05, 0.1) is 15.2 Å². The number of anilines is 1. The molecule has 0 radical (unpaired) electrons. The maximum absolute atomic E-state index is 13.4. The zero-order valence-electron chi connectivity index (χ0n) is 23.9. The van der Waals surface area contributed by atoms with Gasteiger partial charge in [-0.05, 0) is 49.6 Å². The van der Waals surface area contributed by atoms with E-state index in [2.05, 4.69) is 54.4 Å². The van der Waals surface area contributed by atoms with Gasteiger partial charge in [0.25, 0.3) is 5.56 Å². The zero-order chi connectivity index (χ0) is 30.7. The minimum Gasteiger partial charge on any atom is -0.744 e. The first-order valence-corrected chi connectivity index (χ1v) is 16.7. The third-order valence-corrected chi connectivity index (χ3v) is 10.3. The second kappa shape index (κ2) is 12.9. The minimum absolute atomic E-state index is 0.0503. The van der Waals surface area contributed by atoms with E-state index in [1.54, 1.807) is 23.9 Å². The van der Waals surface area contributed by atoms with Crippen molar-refractivity contribution in [2.24, 2.45) is 0 Å². The van der Waals surface area contributed by atoms with E-state index in [0.717, 1.165) is 31.0 Å². The third-order valence-electron chi connectivity index (χ3n) is 6.97. The lowest BCUT2D eigenvalue weighted by molar-refractivity contribution is -0.698. The average Bonchev–Trinajstić information content (AvgIpc) is 3.48. The van der Waals surface area contributed by atoms with Gasteiger partial charge >= 0.3 is 0 Å². The van der Waals surface area contributed by atoms with E-state index in [9.17, 15) is 22.9 Å². The van der Waals surface area contributed by atoms with Crippen LogP contribution in [0.4, 0.5) is 5.69 Å². The normalized spacial score (nSPS) is 14.5. The second-order valence-corrected chi connectivity index (χ2v) is 13.4. The molecule has 0 spiro atoms. The van der Waals surface area contributed by atoms with E-state index in [4.69, 9.17) is 0 Å². The summed E-state index contributed by atoms with van der Waals surface area (Å²) in [4.78, 5) is 16.5. The summed E-state index contributed by atoms with van der Waals surface area (Å²) in [6, 6.07) is 22.4. The number of aryl methyl sites for hydroxylation is 1. The Hall–Kier alpha value is -3.74. The van der Waals surface area contributed by atoms with Crippen LogP contribution in [-0.2, 0) is 23.2 Å². The molecule has 1 aliphatic rings. The maximum Gasteiger partial charge on any atom is 0.271 e. The smallest absolute Gasteiger partial charge is 0.271 e. The summed E-state index contributed by atoms with van der Waals surface area (Å²) in [7, 11) is -2.22. The molecule has 0 bridgehead atoms. The molecule has 222 valence electrons. The van der Waals surface area contributed by atoms with Crippen molar-refractivity contribution in [1.29, 1.82) is 0 Å². The molecule has 1 aliphatic heterocycles. The van der Waals surface area contributed by atoms with Gasteiger partial charge in [0.2, 0.25) is 0 Å². The lowest BCUT2D eigenvalue weighted by Crippen LogP contribution is -2.35. The fourth-order valence-electron chi connectivity index (χ4n) is 4.83. The fourth-order valence-corrected chi connectivity index (χ4v) is 7.80. The monoisotopic (exact) mass is 633 g/mol. The highest BCUT2D eigenvalue weighted by Crippen LogP contribution is 2.48. The van der Waals surface area contributed by atoms with E-state index in [-0.39, 0.29) is 17.1 Å². The van der Waals surface area contributed by atoms with E-state index < -0.39 is 10.1 Å². The highest BCUT2D eigenvalue weighted by molar-refractivity contribution is 8.08. The molecular weight excluding hydrogens is 603 g/mol. The highest BCUT2D eigenvalue weighted by atomic mass is 32.2. The Kier molecular flexibility index (Phi) is 9.19. The topological polar surface area (TPSA) is 107 Å². The molecule has 11 heteroatoms. The molecule has 8 nitrogen and oxygen atoms in total. The first-order valence-electron chi connectivity index (χ1n) is 13.6. The second-order valence-electron chi connectivity index (χ2n) is 9.93. The van der Waals surface area contributed by atoms with Crippen LogP contribution in [0.25, 0.3) is 21.9 Å². The van der Waals surface area contributed by atoms with Crippen LogP contribution in [0, 0.1) is 6.92 Å². The number of aliphatic hydroxyl groups is 1. The van der Waals surface area contributed by atoms with Crippen LogP contribution in [0.3, 0.4) is 0 Å². The molecule has 1 N–H and O–H groups in total. The number of aromatic nitrogens is 2. The molecule has 6 rings (SSSR count). The highest BCUT2D eigenvalue weighted by Gasteiger charge is 2.26. The first kappa shape index (κ1) is 30.7. The Morgan fingerprint density at radius 3 is 2.47 bits per heavy atom. The van der Waals surface area contributed by atoms with Crippen LogP contribution in [-0.4, -0.2) is 36.3 Å². The molecule has 2 aromatic heterocycles. The van der Waals surface area contributed by atoms with Gasteiger partial charge in [-0.15, -0.1) is 11.3 Å². The summed E-state index contributed by atoms with van der Waals surface area (Å²) in [5.41, 5.74) is 3.15. The number of aliphatic hydroxyl groups excluding tert-OH is 1. The molecule has 0 saturated heterocycles. The molecular formula is C32H31N3O5S3. The summed E-state index contributed by atoms with van der Waals surface area (Å²) in [5.74, 6) is 0. The van der Waals surface area contributed by atoms with Crippen molar-refractivity contribution < 1.29 is 22.6 Å². The Bertz CT molecular complexity index is 2090. The summed E-state index contributed by atoms with van der Waals surface area (Å²) in [5, 5.41) is 12.6. The van der Waals surface area contributed by atoms with Gasteiger partial charge < -0.3 is 14.6 Å². The molecule has 0 unspecified atom stereocenters. The summed E-state index contributed by atoms with van der Waals surface area (Å²) in [6.45, 7) is 5.07. The number of pyridine rings is 1. The quantitative estimate of drug-likeness (QED) is 0.234. The summed E-state index contributed by atoms with van der Waals surface area (Å²) >= 11 is 3.21. The van der Waals surface area contributed by atoms with E-state index >= 15 is 0 Å². The largest absolute Gasteiger partial charge is 0.744 e. The van der Waals surface area contributed by atoms with Crippen molar-refractivity contribution in [3.8, 4) is 0 Å². The van der Waals surface area contributed by atoms with Crippen molar-refractivity contribution in [1.82, 2.24) is 4.57 Å². The van der Waals surface area contributed by atoms with Gasteiger partial charge in [0.1, 0.15) is 26.3 Å². The molecule has 0 aliphatic carbocycles. The van der Waals surface area contributed by atoms with Crippen LogP contribution in [0.5, 0.6) is 0 Å². The van der Waals surface area contributed by atoms with Crippen LogP contribution in [0.15, 0.2) is 99.8 Å². The number of benzene rings is 3. The van der Waals surface area contributed by atoms with Gasteiger partial charge in [-0.1, -0.05) is 59.8 Å². The van der Waals surface area contributed by atoms with Crippen LogP contribution >= 0.6 is 23.1 Å². The predicted octanol–water partition coefficient (Wildman–Crippen LogP) is 3.40. The predicted molar refractivity (Wildman–Crippen MR) is 172 cm³/mol. The summed E-state index contributed by atoms with van der Waals surface area (Å²) < 4.78 is 36.7. The van der Waals surface area contributed by atoms with Crippen molar-refractivity contribution in [3.05, 3.63) is 116 Å². The van der Waals surface area contributed by atoms with E-state index in [1.807, 2.05) is 47.5 Å². The molecule has 3 heterocycles. The third kappa shape index (κ3) is 6.61. The van der Waals surface area contributed by atoms with Crippen molar-refractivity contribution >= 4 is 60.8 Å². The van der Waals surface area contributed by atoms with Gasteiger partial charge in [-0.25, -0.2) is 13.0 Å². The number of fused-ring (bicyclic) bond motifs is 3. The van der Waals surface area contributed by atoms with Gasteiger partial charge in [-0.2, -0.15) is 0 Å². The molecule has 3 aromatic carbocycles. The summed E-state index contributed by atoms with van der Waals surface area (Å²) in [6.07, 6.45) is 5.98. The van der Waals surface area contributed by atoms with E-state index in [0.29, 0.717) is 13.1 Å². The Balaban J connectivity index is 0.000000283. The molecule has 0 saturated carbocycles. The Labute approximate surface area is 258 Å². The standard InChI is InChI=1S/C25H24N3O2S2.C7H8O3S/c1-3-28-21(15-17-7-6-12-27(16-17)13-14-29)32-23(24(28)30)25-26(2)22-19-9-5-4-8-18(19)10-11-20(22)31-25;1-6-2-4-7(5-3-6)11(8,9)10/h4-12,15-16,29H,3,13-14H2,1-2H3;2-5H,1H3,(H,8,9,10)/q+1;/p-1/b21-15-,25-23+;. The first-order chi connectivity index (χ1) is 20.6. The van der Waals surface area contributed by atoms with Crippen LogP contribution in [0.1, 0.15) is 18.1 Å². The fraction of sp³-hybridized carbons (Fsp3) is 0.188. The van der Waals surface area contributed by atoms with E-state index in [1.165, 1.54) is 39.1 Å². The molecule has 5 aromatic rings. The van der Waals surface area contributed by atoms with Crippen LogP contribution < -0.4 is 24.2 Å². The number of nitrogens with zero attached hydrogens (tertiary/aromatic N) is 3. The number of thiazole rings is 1. The number of rotatable bonds is 5. The molecule has 0 amide bonds. The SMILES string of the molecule is CCn1c(=O)/c(=C2\Sc3ccc4ccccc4c3N2C)s/c1=C\c1ccc[n+](CCO)c1.Cc1ccc(S(=O)(=O)[O-])cc1.